The molecule has 1 rings (SSSR count). The molecule has 0 aliphatic carbocycles. The van der Waals surface area contributed by atoms with Crippen LogP contribution in [0.25, 0.3) is 0 Å². The summed E-state index contributed by atoms with van der Waals surface area (Å²) in [5.41, 5.74) is 6.68. The Morgan fingerprint density at radius 1 is 1.28 bits per heavy atom. The number of rotatable bonds is 7. The average molecular weight is 252 g/mol. The van der Waals surface area contributed by atoms with Crippen LogP contribution in [-0.4, -0.2) is 39.3 Å². The Kier molecular flexibility index (Phi) is 5.95. The highest BCUT2D eigenvalue weighted by atomic mass is 16.5. The Labute approximate surface area is 110 Å². The maximum absolute atomic E-state index is 5.55. The molecule has 0 fully saturated rings. The fourth-order valence-electron chi connectivity index (χ4n) is 1.94. The van der Waals surface area contributed by atoms with Gasteiger partial charge in [-0.2, -0.15) is 0 Å². The van der Waals surface area contributed by atoms with E-state index in [-0.39, 0.29) is 6.04 Å². The van der Waals surface area contributed by atoms with Gasteiger partial charge in [0.15, 0.2) is 0 Å². The van der Waals surface area contributed by atoms with Crippen LogP contribution < -0.4 is 15.2 Å². The van der Waals surface area contributed by atoms with E-state index in [1.165, 1.54) is 0 Å². The van der Waals surface area contributed by atoms with Crippen molar-refractivity contribution in [3.05, 3.63) is 23.8 Å². The van der Waals surface area contributed by atoms with E-state index in [2.05, 4.69) is 18.9 Å². The molecule has 0 saturated carbocycles. The van der Waals surface area contributed by atoms with E-state index in [1.807, 2.05) is 18.2 Å². The van der Waals surface area contributed by atoms with E-state index in [0.717, 1.165) is 30.0 Å². The van der Waals surface area contributed by atoms with Gasteiger partial charge in [-0.3, -0.25) is 4.90 Å². The van der Waals surface area contributed by atoms with Crippen LogP contribution in [0.5, 0.6) is 11.5 Å². The minimum absolute atomic E-state index is 0.265. The molecular formula is C14H24N2O2. The van der Waals surface area contributed by atoms with Gasteiger partial charge < -0.3 is 15.2 Å². The highest BCUT2D eigenvalue weighted by Crippen LogP contribution is 2.31. The zero-order valence-corrected chi connectivity index (χ0v) is 11.8. The second-order valence-electron chi connectivity index (χ2n) is 4.41. The molecule has 1 unspecified atom stereocenters. The Hall–Kier alpha value is -1.26. The van der Waals surface area contributed by atoms with Crippen LogP contribution in [0.2, 0.25) is 0 Å². The zero-order valence-electron chi connectivity index (χ0n) is 11.8. The molecule has 1 aromatic carbocycles. The monoisotopic (exact) mass is 252 g/mol. The summed E-state index contributed by atoms with van der Waals surface area (Å²) in [6.07, 6.45) is 0.993. The molecule has 18 heavy (non-hydrogen) atoms. The second kappa shape index (κ2) is 7.24. The Balaban J connectivity index is 2.91. The van der Waals surface area contributed by atoms with Crippen molar-refractivity contribution in [2.75, 3.05) is 34.4 Å². The molecule has 0 amide bonds. The SMILES string of the molecule is COc1ccc(OC)c(C(C)N(C)CCCN)c1. The van der Waals surface area contributed by atoms with Crippen molar-refractivity contribution in [2.24, 2.45) is 5.73 Å². The van der Waals surface area contributed by atoms with Crippen molar-refractivity contribution in [3.63, 3.8) is 0 Å². The highest BCUT2D eigenvalue weighted by Gasteiger charge is 2.16. The van der Waals surface area contributed by atoms with Gasteiger partial charge in [0.2, 0.25) is 0 Å². The molecule has 0 spiro atoms. The maximum Gasteiger partial charge on any atom is 0.123 e. The Morgan fingerprint density at radius 2 is 2.00 bits per heavy atom. The van der Waals surface area contributed by atoms with Gasteiger partial charge in [-0.15, -0.1) is 0 Å². The second-order valence-corrected chi connectivity index (χ2v) is 4.41. The fourth-order valence-corrected chi connectivity index (χ4v) is 1.94. The third kappa shape index (κ3) is 3.62. The number of nitrogens with zero attached hydrogens (tertiary/aromatic N) is 1. The van der Waals surface area contributed by atoms with Crippen molar-refractivity contribution in [2.45, 2.75) is 19.4 Å². The van der Waals surface area contributed by atoms with E-state index in [4.69, 9.17) is 15.2 Å². The van der Waals surface area contributed by atoms with Crippen molar-refractivity contribution in [3.8, 4) is 11.5 Å². The Morgan fingerprint density at radius 3 is 2.56 bits per heavy atom. The average Bonchev–Trinajstić information content (AvgIpc) is 2.43. The van der Waals surface area contributed by atoms with Crippen LogP contribution in [0.4, 0.5) is 0 Å². The molecule has 2 N–H and O–H groups in total. The molecule has 0 radical (unpaired) electrons. The lowest BCUT2D eigenvalue weighted by molar-refractivity contribution is 0.253. The fraction of sp³-hybridized carbons (Fsp3) is 0.571. The summed E-state index contributed by atoms with van der Waals surface area (Å²) in [5, 5.41) is 0. The van der Waals surface area contributed by atoms with Gasteiger partial charge in [0.05, 0.1) is 14.2 Å². The first-order chi connectivity index (χ1) is 8.63. The van der Waals surface area contributed by atoms with Crippen molar-refractivity contribution >= 4 is 0 Å². The molecule has 4 heteroatoms. The summed E-state index contributed by atoms with van der Waals surface area (Å²) in [5.74, 6) is 1.74. The van der Waals surface area contributed by atoms with E-state index >= 15 is 0 Å². The Bertz CT molecular complexity index is 369. The first-order valence-electron chi connectivity index (χ1n) is 6.26. The number of nitrogens with two attached hydrogens (primary N) is 1. The first-order valence-corrected chi connectivity index (χ1v) is 6.26. The normalized spacial score (nSPS) is 12.6. The minimum Gasteiger partial charge on any atom is -0.497 e. The summed E-state index contributed by atoms with van der Waals surface area (Å²) in [4.78, 5) is 2.27. The van der Waals surface area contributed by atoms with E-state index in [1.54, 1.807) is 14.2 Å². The molecule has 0 bridgehead atoms. The van der Waals surface area contributed by atoms with Gasteiger partial charge in [0.25, 0.3) is 0 Å². The van der Waals surface area contributed by atoms with Crippen LogP contribution in [-0.2, 0) is 0 Å². The molecule has 102 valence electrons. The van der Waals surface area contributed by atoms with Gasteiger partial charge in [0.1, 0.15) is 11.5 Å². The minimum atomic E-state index is 0.265. The summed E-state index contributed by atoms with van der Waals surface area (Å²) in [6, 6.07) is 6.15. The first kappa shape index (κ1) is 14.8. The number of hydrogen-bond acceptors (Lipinski definition) is 4. The van der Waals surface area contributed by atoms with Crippen LogP contribution >= 0.6 is 0 Å². The third-order valence-corrected chi connectivity index (χ3v) is 3.26. The zero-order chi connectivity index (χ0) is 13.5. The lowest BCUT2D eigenvalue weighted by Gasteiger charge is -2.26. The van der Waals surface area contributed by atoms with Crippen LogP contribution in [0.15, 0.2) is 18.2 Å². The standard InChI is InChI=1S/C14H24N2O2/c1-11(16(2)9-5-8-15)13-10-12(17-3)6-7-14(13)18-4/h6-7,10-11H,5,8-9,15H2,1-4H3. The molecule has 0 aliphatic heterocycles. The molecule has 0 aromatic heterocycles. The predicted octanol–water partition coefficient (Wildman–Crippen LogP) is 2.05. The van der Waals surface area contributed by atoms with Crippen molar-refractivity contribution in [1.82, 2.24) is 4.90 Å². The predicted molar refractivity (Wildman–Crippen MR) is 74.3 cm³/mol. The van der Waals surface area contributed by atoms with E-state index < -0.39 is 0 Å². The lowest BCUT2D eigenvalue weighted by atomic mass is 10.1. The molecule has 1 aromatic rings. The molecule has 4 nitrogen and oxygen atoms in total. The number of hydrogen-bond donors (Lipinski definition) is 1. The number of benzene rings is 1. The molecule has 0 aliphatic rings. The van der Waals surface area contributed by atoms with Gasteiger partial charge in [0, 0.05) is 11.6 Å². The van der Waals surface area contributed by atoms with Crippen LogP contribution in [0, 0.1) is 0 Å². The molecule has 0 heterocycles. The van der Waals surface area contributed by atoms with Crippen molar-refractivity contribution in [1.29, 1.82) is 0 Å². The lowest BCUT2D eigenvalue weighted by Crippen LogP contribution is -2.25. The molecular weight excluding hydrogens is 228 g/mol. The topological polar surface area (TPSA) is 47.7 Å². The van der Waals surface area contributed by atoms with E-state index in [0.29, 0.717) is 6.54 Å². The largest absolute Gasteiger partial charge is 0.497 e. The van der Waals surface area contributed by atoms with Gasteiger partial charge in [-0.25, -0.2) is 0 Å². The summed E-state index contributed by atoms with van der Waals surface area (Å²) in [7, 11) is 5.46. The van der Waals surface area contributed by atoms with Gasteiger partial charge in [-0.1, -0.05) is 0 Å². The quantitative estimate of drug-likeness (QED) is 0.807. The summed E-state index contributed by atoms with van der Waals surface area (Å²) < 4.78 is 10.7. The number of ether oxygens (including phenoxy) is 2. The molecule has 1 atom stereocenters. The smallest absolute Gasteiger partial charge is 0.123 e. The molecule has 0 saturated heterocycles. The number of methoxy groups -OCH3 is 2. The van der Waals surface area contributed by atoms with Gasteiger partial charge >= 0.3 is 0 Å². The van der Waals surface area contributed by atoms with E-state index in [9.17, 15) is 0 Å². The summed E-state index contributed by atoms with van der Waals surface area (Å²) in [6.45, 7) is 3.85. The maximum atomic E-state index is 5.55. The van der Waals surface area contributed by atoms with Crippen LogP contribution in [0.3, 0.4) is 0 Å². The summed E-state index contributed by atoms with van der Waals surface area (Å²) >= 11 is 0. The van der Waals surface area contributed by atoms with Gasteiger partial charge in [-0.05, 0) is 51.7 Å². The van der Waals surface area contributed by atoms with Crippen LogP contribution in [0.1, 0.15) is 24.9 Å². The van der Waals surface area contributed by atoms with Crippen molar-refractivity contribution < 1.29 is 9.47 Å². The third-order valence-electron chi connectivity index (χ3n) is 3.26. The highest BCUT2D eigenvalue weighted by molar-refractivity contribution is 5.42.